The normalized spacial score (nSPS) is 25.1. The molecule has 2 aliphatic carbocycles. The summed E-state index contributed by atoms with van der Waals surface area (Å²) in [6.07, 6.45) is 9.74. The molecule has 1 unspecified atom stereocenters. The second-order valence-electron chi connectivity index (χ2n) is 6.52. The maximum Gasteiger partial charge on any atom is 0.314 e. The molecule has 1 atom stereocenters. The van der Waals surface area contributed by atoms with E-state index >= 15 is 0 Å². The Labute approximate surface area is 121 Å². The third-order valence-electron chi connectivity index (χ3n) is 5.16. The monoisotopic (exact) mass is 284 g/mol. The van der Waals surface area contributed by atoms with Crippen LogP contribution in [0.4, 0.5) is 0 Å². The largest absolute Gasteiger partial charge is 0.459 e. The third kappa shape index (κ3) is 3.53. The van der Waals surface area contributed by atoms with Gasteiger partial charge in [-0.15, -0.1) is 0 Å². The number of rotatable bonds is 5. The van der Waals surface area contributed by atoms with Crippen LogP contribution in [-0.2, 0) is 9.53 Å². The van der Waals surface area contributed by atoms with E-state index in [0.717, 1.165) is 44.9 Å². The molecule has 0 amide bonds. The van der Waals surface area contributed by atoms with Crippen LogP contribution in [0.1, 0.15) is 64.2 Å². The summed E-state index contributed by atoms with van der Waals surface area (Å²) in [5.74, 6) is 0.00126. The van der Waals surface area contributed by atoms with Crippen molar-refractivity contribution < 1.29 is 19.7 Å². The molecule has 2 fully saturated rings. The van der Waals surface area contributed by atoms with Gasteiger partial charge in [0.1, 0.15) is 6.10 Å². The Morgan fingerprint density at radius 2 is 1.65 bits per heavy atom. The molecule has 0 aromatic heterocycles. The average molecular weight is 284 g/mol. The Kier molecular flexibility index (Phi) is 5.85. The zero-order valence-corrected chi connectivity index (χ0v) is 12.4. The number of carbonyl (C=O) groups excluding carboxylic acids is 1. The summed E-state index contributed by atoms with van der Waals surface area (Å²) < 4.78 is 5.62. The van der Waals surface area contributed by atoms with Crippen LogP contribution in [0, 0.1) is 11.3 Å². The van der Waals surface area contributed by atoms with Gasteiger partial charge in [0.25, 0.3) is 0 Å². The third-order valence-corrected chi connectivity index (χ3v) is 5.16. The van der Waals surface area contributed by atoms with E-state index in [4.69, 9.17) is 4.74 Å². The Balaban J connectivity index is 1.96. The minimum atomic E-state index is -0.708. The molecule has 0 bridgehead atoms. The van der Waals surface area contributed by atoms with Gasteiger partial charge in [-0.1, -0.05) is 38.5 Å². The fraction of sp³-hybridized carbons (Fsp3) is 0.938. The number of ether oxygens (including phenoxy) is 1. The highest BCUT2D eigenvalue weighted by atomic mass is 16.6. The first-order valence-corrected chi connectivity index (χ1v) is 8.15. The number of aliphatic hydroxyl groups excluding tert-OH is 2. The highest BCUT2D eigenvalue weighted by Crippen LogP contribution is 2.38. The van der Waals surface area contributed by atoms with Gasteiger partial charge in [0.15, 0.2) is 0 Å². The lowest BCUT2D eigenvalue weighted by molar-refractivity contribution is -0.172. The van der Waals surface area contributed by atoms with Crippen molar-refractivity contribution in [3.63, 3.8) is 0 Å². The maximum atomic E-state index is 12.5. The number of hydrogen-bond donors (Lipinski definition) is 2. The topological polar surface area (TPSA) is 66.8 Å². The van der Waals surface area contributed by atoms with Crippen molar-refractivity contribution in [1.82, 2.24) is 0 Å². The van der Waals surface area contributed by atoms with Gasteiger partial charge in [0.05, 0.1) is 18.6 Å². The molecule has 0 radical (unpaired) electrons. The van der Waals surface area contributed by atoms with Crippen molar-refractivity contribution in [2.75, 3.05) is 13.2 Å². The molecule has 2 saturated carbocycles. The molecule has 0 aliphatic heterocycles. The standard InChI is InChI=1S/C16H28O4/c17-11-14(13-7-3-1-4-8-13)20-15(19)16(12-18)9-5-2-6-10-16/h13-14,17-18H,1-12H2. The van der Waals surface area contributed by atoms with Crippen LogP contribution in [0.3, 0.4) is 0 Å². The van der Waals surface area contributed by atoms with Crippen LogP contribution in [0.5, 0.6) is 0 Å². The molecule has 0 aromatic rings. The summed E-state index contributed by atoms with van der Waals surface area (Å²) in [5, 5.41) is 19.2. The van der Waals surface area contributed by atoms with Gasteiger partial charge in [0, 0.05) is 0 Å². The van der Waals surface area contributed by atoms with Crippen molar-refractivity contribution in [2.24, 2.45) is 11.3 Å². The van der Waals surface area contributed by atoms with Crippen molar-refractivity contribution in [3.05, 3.63) is 0 Å². The average Bonchev–Trinajstić information content (AvgIpc) is 2.53. The second kappa shape index (κ2) is 7.41. The van der Waals surface area contributed by atoms with Crippen molar-refractivity contribution in [2.45, 2.75) is 70.3 Å². The molecule has 0 heterocycles. The predicted octanol–water partition coefficient (Wildman–Crippen LogP) is 2.41. The predicted molar refractivity (Wildman–Crippen MR) is 76.1 cm³/mol. The highest BCUT2D eigenvalue weighted by molar-refractivity contribution is 5.77. The van der Waals surface area contributed by atoms with Gasteiger partial charge in [-0.25, -0.2) is 0 Å². The molecule has 0 spiro atoms. The smallest absolute Gasteiger partial charge is 0.314 e. The summed E-state index contributed by atoms with van der Waals surface area (Å²) >= 11 is 0. The molecule has 2 aliphatic rings. The number of hydrogen-bond acceptors (Lipinski definition) is 4. The quantitative estimate of drug-likeness (QED) is 0.761. The lowest BCUT2D eigenvalue weighted by Gasteiger charge is -2.36. The second-order valence-corrected chi connectivity index (χ2v) is 6.52. The molecule has 20 heavy (non-hydrogen) atoms. The molecular weight excluding hydrogens is 256 g/mol. The summed E-state index contributed by atoms with van der Waals surface area (Å²) in [6.45, 7) is -0.230. The van der Waals surface area contributed by atoms with E-state index in [-0.39, 0.29) is 31.2 Å². The first-order valence-electron chi connectivity index (χ1n) is 8.15. The lowest BCUT2D eigenvalue weighted by atomic mass is 9.74. The van der Waals surface area contributed by atoms with Gasteiger partial charge < -0.3 is 14.9 Å². The van der Waals surface area contributed by atoms with Crippen LogP contribution < -0.4 is 0 Å². The van der Waals surface area contributed by atoms with Crippen LogP contribution in [-0.4, -0.2) is 35.5 Å². The summed E-state index contributed by atoms with van der Waals surface area (Å²) in [4.78, 5) is 12.5. The van der Waals surface area contributed by atoms with Gasteiger partial charge in [-0.2, -0.15) is 0 Å². The lowest BCUT2D eigenvalue weighted by Crippen LogP contribution is -2.42. The summed E-state index contributed by atoms with van der Waals surface area (Å²) in [6, 6.07) is 0. The Morgan fingerprint density at radius 1 is 1.05 bits per heavy atom. The van der Waals surface area contributed by atoms with Crippen molar-refractivity contribution in [3.8, 4) is 0 Å². The Bertz CT molecular complexity index is 304. The zero-order chi connectivity index (χ0) is 14.4. The van der Waals surface area contributed by atoms with Gasteiger partial charge in [0.2, 0.25) is 0 Å². The van der Waals surface area contributed by atoms with E-state index < -0.39 is 5.41 Å². The molecule has 2 rings (SSSR count). The fourth-order valence-electron chi connectivity index (χ4n) is 3.71. The SMILES string of the molecule is O=C(OC(CO)C1CCCCC1)C1(CO)CCCCC1. The highest BCUT2D eigenvalue weighted by Gasteiger charge is 2.42. The molecule has 2 N–H and O–H groups in total. The summed E-state index contributed by atoms with van der Waals surface area (Å²) in [5.41, 5.74) is -0.708. The Hall–Kier alpha value is -0.610. The summed E-state index contributed by atoms with van der Waals surface area (Å²) in [7, 11) is 0. The van der Waals surface area contributed by atoms with Crippen LogP contribution in [0.2, 0.25) is 0 Å². The minimum Gasteiger partial charge on any atom is -0.459 e. The number of aliphatic hydroxyl groups is 2. The first kappa shape index (κ1) is 15.8. The van der Waals surface area contributed by atoms with E-state index in [1.165, 1.54) is 6.42 Å². The van der Waals surface area contributed by atoms with E-state index in [0.29, 0.717) is 12.8 Å². The van der Waals surface area contributed by atoms with Gasteiger partial charge in [-0.3, -0.25) is 4.79 Å². The molecule has 116 valence electrons. The van der Waals surface area contributed by atoms with Gasteiger partial charge >= 0.3 is 5.97 Å². The first-order chi connectivity index (χ1) is 9.72. The molecule has 4 heteroatoms. The number of carbonyl (C=O) groups is 1. The Morgan fingerprint density at radius 3 is 2.20 bits per heavy atom. The van der Waals surface area contributed by atoms with Crippen molar-refractivity contribution in [1.29, 1.82) is 0 Å². The number of esters is 1. The van der Waals surface area contributed by atoms with E-state index in [2.05, 4.69) is 0 Å². The van der Waals surface area contributed by atoms with E-state index in [1.807, 2.05) is 0 Å². The van der Waals surface area contributed by atoms with Crippen LogP contribution in [0.15, 0.2) is 0 Å². The van der Waals surface area contributed by atoms with Crippen molar-refractivity contribution >= 4 is 5.97 Å². The van der Waals surface area contributed by atoms with Crippen LogP contribution in [0.25, 0.3) is 0 Å². The van der Waals surface area contributed by atoms with E-state index in [1.54, 1.807) is 0 Å². The zero-order valence-electron chi connectivity index (χ0n) is 12.4. The minimum absolute atomic E-state index is 0.0993. The molecule has 0 saturated heterocycles. The molecular formula is C16H28O4. The van der Waals surface area contributed by atoms with Crippen LogP contribution >= 0.6 is 0 Å². The van der Waals surface area contributed by atoms with E-state index in [9.17, 15) is 15.0 Å². The molecule has 4 nitrogen and oxygen atoms in total. The maximum absolute atomic E-state index is 12.5. The van der Waals surface area contributed by atoms with Gasteiger partial charge in [-0.05, 0) is 31.6 Å². The fourth-order valence-corrected chi connectivity index (χ4v) is 3.71. The molecule has 0 aromatic carbocycles.